The molecular formula is C22H24O6. The Labute approximate surface area is 163 Å². The number of hydrogen-bond donors (Lipinski definition) is 2. The summed E-state index contributed by atoms with van der Waals surface area (Å²) in [6, 6.07) is 13.0. The fraction of sp³-hybridized carbons (Fsp3) is 0.364. The van der Waals surface area contributed by atoms with E-state index in [-0.39, 0.29) is 6.42 Å². The molecule has 0 saturated carbocycles. The number of ether oxygens (including phenoxy) is 2. The summed E-state index contributed by atoms with van der Waals surface area (Å²) in [5.41, 5.74) is 3.43. The summed E-state index contributed by atoms with van der Waals surface area (Å²) in [5, 5.41) is 17.9. The number of carbonyl (C=O) groups is 2. The van der Waals surface area contributed by atoms with E-state index in [0.717, 1.165) is 18.6 Å². The molecule has 3 rings (SSSR count). The predicted molar refractivity (Wildman–Crippen MR) is 103 cm³/mol. The molecule has 0 fully saturated rings. The van der Waals surface area contributed by atoms with Crippen molar-refractivity contribution in [3.05, 3.63) is 59.2 Å². The van der Waals surface area contributed by atoms with Crippen molar-refractivity contribution in [2.75, 3.05) is 13.2 Å². The van der Waals surface area contributed by atoms with E-state index in [1.807, 2.05) is 6.07 Å². The molecular weight excluding hydrogens is 360 g/mol. The molecule has 148 valence electrons. The number of hydrogen-bond acceptors (Lipinski definition) is 4. The van der Waals surface area contributed by atoms with Crippen LogP contribution < -0.4 is 9.47 Å². The zero-order chi connectivity index (χ0) is 19.9. The summed E-state index contributed by atoms with van der Waals surface area (Å²) in [6.45, 7) is 0.796. The average Bonchev–Trinajstić information content (AvgIpc) is 2.69. The van der Waals surface area contributed by atoms with Crippen LogP contribution in [0.15, 0.2) is 42.5 Å². The van der Waals surface area contributed by atoms with Gasteiger partial charge in [0.25, 0.3) is 0 Å². The van der Waals surface area contributed by atoms with Gasteiger partial charge in [-0.2, -0.15) is 0 Å². The molecule has 0 heterocycles. The molecule has 1 aliphatic carbocycles. The second-order valence-corrected chi connectivity index (χ2v) is 6.91. The van der Waals surface area contributed by atoms with E-state index >= 15 is 0 Å². The Morgan fingerprint density at radius 1 is 0.821 bits per heavy atom. The van der Waals surface area contributed by atoms with Gasteiger partial charge in [0.05, 0.1) is 0 Å². The molecule has 0 aliphatic heterocycles. The molecule has 2 aromatic carbocycles. The summed E-state index contributed by atoms with van der Waals surface area (Å²) in [6.07, 6.45) is 4.68. The number of aliphatic carboxylic acids is 2. The van der Waals surface area contributed by atoms with Crippen molar-refractivity contribution in [1.82, 2.24) is 0 Å². The number of carboxylic acids is 2. The molecule has 6 heteroatoms. The molecule has 0 bridgehead atoms. The largest absolute Gasteiger partial charge is 0.490 e. The third-order valence-electron chi connectivity index (χ3n) is 4.90. The average molecular weight is 384 g/mol. The van der Waals surface area contributed by atoms with E-state index in [1.54, 1.807) is 24.3 Å². The first-order valence-electron chi connectivity index (χ1n) is 9.45. The SMILES string of the molecule is O=C(O)C(Cc1ccc(OCCOc2ccc3c(c2)CCCC3)cc1)C(=O)O. The number of rotatable bonds is 9. The zero-order valence-electron chi connectivity index (χ0n) is 15.6. The van der Waals surface area contributed by atoms with E-state index in [1.165, 1.54) is 24.0 Å². The van der Waals surface area contributed by atoms with Crippen LogP contribution in [0.5, 0.6) is 11.5 Å². The molecule has 0 radical (unpaired) electrons. The third-order valence-corrected chi connectivity index (χ3v) is 4.90. The van der Waals surface area contributed by atoms with Gasteiger partial charge in [-0.25, -0.2) is 0 Å². The molecule has 0 aromatic heterocycles. The van der Waals surface area contributed by atoms with Gasteiger partial charge in [0, 0.05) is 0 Å². The second kappa shape index (κ2) is 9.26. The normalized spacial score (nSPS) is 13.0. The fourth-order valence-electron chi connectivity index (χ4n) is 3.36. The van der Waals surface area contributed by atoms with Crippen molar-refractivity contribution in [3.8, 4) is 11.5 Å². The van der Waals surface area contributed by atoms with Crippen LogP contribution in [0, 0.1) is 5.92 Å². The van der Waals surface area contributed by atoms with Crippen LogP contribution in [0.1, 0.15) is 29.5 Å². The summed E-state index contributed by atoms with van der Waals surface area (Å²) < 4.78 is 11.4. The molecule has 0 unspecified atom stereocenters. The topological polar surface area (TPSA) is 93.1 Å². The summed E-state index contributed by atoms with van der Waals surface area (Å²) in [7, 11) is 0. The van der Waals surface area contributed by atoms with Crippen LogP contribution in [0.2, 0.25) is 0 Å². The van der Waals surface area contributed by atoms with Crippen molar-refractivity contribution in [3.63, 3.8) is 0 Å². The Morgan fingerprint density at radius 2 is 1.39 bits per heavy atom. The Kier molecular flexibility index (Phi) is 6.53. The van der Waals surface area contributed by atoms with Gasteiger partial charge < -0.3 is 19.7 Å². The predicted octanol–water partition coefficient (Wildman–Crippen LogP) is 3.35. The minimum atomic E-state index is -1.45. The van der Waals surface area contributed by atoms with Crippen LogP contribution in [-0.2, 0) is 28.9 Å². The Bertz CT molecular complexity index is 813. The van der Waals surface area contributed by atoms with Crippen molar-refractivity contribution in [2.45, 2.75) is 32.1 Å². The van der Waals surface area contributed by atoms with Gasteiger partial charge >= 0.3 is 11.9 Å². The summed E-state index contributed by atoms with van der Waals surface area (Å²) in [4.78, 5) is 21.9. The summed E-state index contributed by atoms with van der Waals surface area (Å²) in [5.74, 6) is -2.65. The van der Waals surface area contributed by atoms with E-state index in [2.05, 4.69) is 12.1 Å². The maximum absolute atomic E-state index is 11.0. The highest BCUT2D eigenvalue weighted by molar-refractivity contribution is 5.93. The fourth-order valence-corrected chi connectivity index (χ4v) is 3.36. The molecule has 28 heavy (non-hydrogen) atoms. The molecule has 2 N–H and O–H groups in total. The molecule has 0 amide bonds. The van der Waals surface area contributed by atoms with E-state index in [9.17, 15) is 9.59 Å². The molecule has 0 saturated heterocycles. The van der Waals surface area contributed by atoms with Crippen molar-refractivity contribution >= 4 is 11.9 Å². The summed E-state index contributed by atoms with van der Waals surface area (Å²) >= 11 is 0. The molecule has 6 nitrogen and oxygen atoms in total. The first-order valence-corrected chi connectivity index (χ1v) is 9.45. The van der Waals surface area contributed by atoms with Crippen LogP contribution in [-0.4, -0.2) is 35.4 Å². The maximum Gasteiger partial charge on any atom is 0.318 e. The van der Waals surface area contributed by atoms with Gasteiger partial charge in [-0.1, -0.05) is 18.2 Å². The molecule has 0 atom stereocenters. The number of carboxylic acid groups (broad SMARTS) is 2. The molecule has 0 spiro atoms. The Morgan fingerprint density at radius 3 is 2.04 bits per heavy atom. The molecule has 2 aromatic rings. The monoisotopic (exact) mass is 384 g/mol. The minimum absolute atomic E-state index is 0.0631. The first kappa shape index (κ1) is 19.7. The second-order valence-electron chi connectivity index (χ2n) is 6.91. The zero-order valence-corrected chi connectivity index (χ0v) is 15.6. The van der Waals surface area contributed by atoms with E-state index < -0.39 is 17.9 Å². The number of aryl methyl sites for hydroxylation is 2. The van der Waals surface area contributed by atoms with Crippen LogP contribution >= 0.6 is 0 Å². The van der Waals surface area contributed by atoms with Gasteiger partial charge in [0.15, 0.2) is 5.92 Å². The lowest BCUT2D eigenvalue weighted by atomic mass is 9.92. The highest BCUT2D eigenvalue weighted by atomic mass is 16.5. The van der Waals surface area contributed by atoms with Gasteiger partial charge in [-0.15, -0.1) is 0 Å². The standard InChI is InChI=1S/C22H24O6/c23-21(24)20(22(25)26)13-15-5-8-18(9-6-15)27-11-12-28-19-10-7-16-3-1-2-4-17(16)14-19/h5-10,14,20H,1-4,11-13H2,(H,23,24)(H,25,26). The lowest BCUT2D eigenvalue weighted by molar-refractivity contribution is -0.154. The minimum Gasteiger partial charge on any atom is -0.490 e. The highest BCUT2D eigenvalue weighted by Crippen LogP contribution is 2.25. The maximum atomic E-state index is 11.0. The van der Waals surface area contributed by atoms with Crippen LogP contribution in [0.3, 0.4) is 0 Å². The highest BCUT2D eigenvalue weighted by Gasteiger charge is 2.25. The quantitative estimate of drug-likeness (QED) is 0.509. The van der Waals surface area contributed by atoms with Gasteiger partial charge in [0.1, 0.15) is 24.7 Å². The van der Waals surface area contributed by atoms with E-state index in [0.29, 0.717) is 24.5 Å². The van der Waals surface area contributed by atoms with Crippen molar-refractivity contribution in [2.24, 2.45) is 5.92 Å². The van der Waals surface area contributed by atoms with Gasteiger partial charge in [0.2, 0.25) is 0 Å². The van der Waals surface area contributed by atoms with Crippen molar-refractivity contribution in [1.29, 1.82) is 0 Å². The number of fused-ring (bicyclic) bond motifs is 1. The van der Waals surface area contributed by atoms with Gasteiger partial charge in [-0.3, -0.25) is 9.59 Å². The first-order chi connectivity index (χ1) is 13.5. The van der Waals surface area contributed by atoms with Crippen molar-refractivity contribution < 1.29 is 29.3 Å². The Hall–Kier alpha value is -3.02. The van der Waals surface area contributed by atoms with Crippen LogP contribution in [0.4, 0.5) is 0 Å². The lowest BCUT2D eigenvalue weighted by Crippen LogP contribution is -2.25. The molecule has 1 aliphatic rings. The number of benzene rings is 2. The lowest BCUT2D eigenvalue weighted by Gasteiger charge is -2.17. The Balaban J connectivity index is 1.45. The van der Waals surface area contributed by atoms with Gasteiger partial charge in [-0.05, 0) is 73.1 Å². The third kappa shape index (κ3) is 5.25. The van der Waals surface area contributed by atoms with Crippen LogP contribution in [0.25, 0.3) is 0 Å². The van der Waals surface area contributed by atoms with E-state index in [4.69, 9.17) is 19.7 Å². The smallest absolute Gasteiger partial charge is 0.318 e.